The van der Waals surface area contributed by atoms with E-state index in [0.717, 1.165) is 12.1 Å². The van der Waals surface area contributed by atoms with Crippen molar-refractivity contribution in [2.75, 3.05) is 19.6 Å². The Bertz CT molecular complexity index is 565. The Morgan fingerprint density at radius 2 is 1.86 bits per heavy atom. The lowest BCUT2D eigenvalue weighted by molar-refractivity contribution is -0.137. The molecule has 0 amide bonds. The molecule has 0 bridgehead atoms. The number of nitrogens with one attached hydrogen (secondary N) is 2. The van der Waals surface area contributed by atoms with Crippen LogP contribution >= 0.6 is 24.0 Å². The molecule has 0 spiro atoms. The van der Waals surface area contributed by atoms with Gasteiger partial charge in [-0.3, -0.25) is 0 Å². The molecule has 1 aromatic rings. The molecule has 2 N–H and O–H groups in total. The number of halogens is 5. The molecule has 0 aliphatic carbocycles. The van der Waals surface area contributed by atoms with Gasteiger partial charge in [0, 0.05) is 13.1 Å². The first-order chi connectivity index (χ1) is 9.18. The monoisotopic (exact) mass is 366 g/mol. The number of rotatable bonds is 6. The van der Waals surface area contributed by atoms with Crippen LogP contribution in [-0.2, 0) is 16.2 Å². The SMILES string of the molecule is CCNCCNS(=O)(=O)c1cc(C(F)(F)F)ccc1Cl.Cl. The minimum absolute atomic E-state index is 0. The molecule has 0 aliphatic rings. The molecule has 1 rings (SSSR count). The number of likely N-dealkylation sites (N-methyl/N-ethyl adjacent to an activating group) is 1. The summed E-state index contributed by atoms with van der Waals surface area (Å²) in [5.41, 5.74) is -1.06. The van der Waals surface area contributed by atoms with Gasteiger partial charge in [-0.1, -0.05) is 18.5 Å². The summed E-state index contributed by atoms with van der Waals surface area (Å²) in [5.74, 6) is 0. The van der Waals surface area contributed by atoms with E-state index in [4.69, 9.17) is 11.6 Å². The van der Waals surface area contributed by atoms with E-state index in [0.29, 0.717) is 19.2 Å². The fourth-order valence-corrected chi connectivity index (χ4v) is 2.97. The molecule has 0 saturated heterocycles. The normalized spacial score (nSPS) is 12.0. The Kier molecular flexibility index (Phi) is 7.98. The molecule has 0 unspecified atom stereocenters. The predicted molar refractivity (Wildman–Crippen MR) is 77.4 cm³/mol. The number of benzene rings is 1. The summed E-state index contributed by atoms with van der Waals surface area (Å²) in [5, 5.41) is 2.63. The van der Waals surface area contributed by atoms with Gasteiger partial charge in [-0.15, -0.1) is 12.4 Å². The summed E-state index contributed by atoms with van der Waals surface area (Å²) in [6, 6.07) is 2.18. The molecule has 0 atom stereocenters. The van der Waals surface area contributed by atoms with Crippen LogP contribution in [0, 0.1) is 0 Å². The Labute approximate surface area is 132 Å². The van der Waals surface area contributed by atoms with Crippen molar-refractivity contribution in [1.82, 2.24) is 10.0 Å². The fraction of sp³-hybridized carbons (Fsp3) is 0.455. The second kappa shape index (κ2) is 8.19. The first-order valence-corrected chi connectivity index (χ1v) is 7.61. The van der Waals surface area contributed by atoms with Crippen molar-refractivity contribution in [1.29, 1.82) is 0 Å². The van der Waals surface area contributed by atoms with Crippen molar-refractivity contribution < 1.29 is 21.6 Å². The second-order valence-electron chi connectivity index (χ2n) is 3.89. The minimum Gasteiger partial charge on any atom is -0.316 e. The van der Waals surface area contributed by atoms with Crippen molar-refractivity contribution in [2.45, 2.75) is 18.0 Å². The number of sulfonamides is 1. The maximum absolute atomic E-state index is 12.6. The van der Waals surface area contributed by atoms with Crippen molar-refractivity contribution >= 4 is 34.0 Å². The summed E-state index contributed by atoms with van der Waals surface area (Å²) in [6.07, 6.45) is -4.63. The minimum atomic E-state index is -4.63. The molecule has 0 aromatic heterocycles. The van der Waals surface area contributed by atoms with Crippen LogP contribution < -0.4 is 10.0 Å². The zero-order valence-corrected chi connectivity index (χ0v) is 13.4. The van der Waals surface area contributed by atoms with E-state index in [1.807, 2.05) is 6.92 Å². The number of hydrogen-bond acceptors (Lipinski definition) is 3. The van der Waals surface area contributed by atoms with Crippen LogP contribution in [0.15, 0.2) is 23.1 Å². The van der Waals surface area contributed by atoms with E-state index in [1.165, 1.54) is 0 Å². The number of alkyl halides is 3. The van der Waals surface area contributed by atoms with E-state index in [9.17, 15) is 21.6 Å². The maximum atomic E-state index is 12.6. The van der Waals surface area contributed by atoms with Gasteiger partial charge in [0.25, 0.3) is 0 Å². The second-order valence-corrected chi connectivity index (χ2v) is 6.04. The summed E-state index contributed by atoms with van der Waals surface area (Å²) in [6.45, 7) is 2.93. The summed E-state index contributed by atoms with van der Waals surface area (Å²) in [7, 11) is -4.08. The Hall–Kier alpha value is -0.540. The molecular weight excluding hydrogens is 352 g/mol. The lowest BCUT2D eigenvalue weighted by Gasteiger charge is -2.12. The van der Waals surface area contributed by atoms with Crippen LogP contribution in [0.5, 0.6) is 0 Å². The molecule has 0 radical (unpaired) electrons. The van der Waals surface area contributed by atoms with Crippen LogP contribution in [0.25, 0.3) is 0 Å². The zero-order valence-electron chi connectivity index (χ0n) is 11.0. The topological polar surface area (TPSA) is 58.2 Å². The molecule has 4 nitrogen and oxygen atoms in total. The first kappa shape index (κ1) is 20.5. The van der Waals surface area contributed by atoms with E-state index < -0.39 is 26.7 Å². The van der Waals surface area contributed by atoms with Crippen LogP contribution in [0.4, 0.5) is 13.2 Å². The quantitative estimate of drug-likeness (QED) is 0.761. The van der Waals surface area contributed by atoms with Crippen molar-refractivity contribution in [3.05, 3.63) is 28.8 Å². The van der Waals surface area contributed by atoms with Gasteiger partial charge in [0.1, 0.15) is 4.90 Å². The standard InChI is InChI=1S/C11H14ClF3N2O2S.ClH/c1-2-16-5-6-17-20(18,19)10-7-8(11(13,14)15)3-4-9(10)12;/h3-4,7,16-17H,2,5-6H2,1H3;1H. The van der Waals surface area contributed by atoms with Gasteiger partial charge < -0.3 is 5.32 Å². The highest BCUT2D eigenvalue weighted by Gasteiger charge is 2.32. The van der Waals surface area contributed by atoms with Crippen LogP contribution in [-0.4, -0.2) is 28.1 Å². The molecule has 10 heteroatoms. The molecule has 0 heterocycles. The van der Waals surface area contributed by atoms with Gasteiger partial charge in [0.05, 0.1) is 10.6 Å². The van der Waals surface area contributed by atoms with Crippen molar-refractivity contribution in [3.63, 3.8) is 0 Å². The van der Waals surface area contributed by atoms with Gasteiger partial charge in [-0.25, -0.2) is 13.1 Å². The Morgan fingerprint density at radius 3 is 2.38 bits per heavy atom. The van der Waals surface area contributed by atoms with E-state index in [1.54, 1.807) is 0 Å². The molecule has 0 saturated carbocycles. The molecule has 122 valence electrons. The lowest BCUT2D eigenvalue weighted by Crippen LogP contribution is -2.32. The van der Waals surface area contributed by atoms with Crippen LogP contribution in [0.3, 0.4) is 0 Å². The largest absolute Gasteiger partial charge is 0.416 e. The fourth-order valence-electron chi connectivity index (χ4n) is 1.41. The highest BCUT2D eigenvalue weighted by molar-refractivity contribution is 7.89. The maximum Gasteiger partial charge on any atom is 0.416 e. The summed E-state index contributed by atoms with van der Waals surface area (Å²) >= 11 is 5.67. The van der Waals surface area contributed by atoms with Crippen LogP contribution in [0.1, 0.15) is 12.5 Å². The van der Waals surface area contributed by atoms with Crippen molar-refractivity contribution in [3.8, 4) is 0 Å². The van der Waals surface area contributed by atoms with E-state index in [2.05, 4.69) is 10.0 Å². The van der Waals surface area contributed by atoms with Gasteiger partial charge in [-0.05, 0) is 24.7 Å². The third-order valence-electron chi connectivity index (χ3n) is 2.39. The Morgan fingerprint density at radius 1 is 1.24 bits per heavy atom. The van der Waals surface area contributed by atoms with Crippen LogP contribution in [0.2, 0.25) is 5.02 Å². The lowest BCUT2D eigenvalue weighted by atomic mass is 10.2. The van der Waals surface area contributed by atoms with E-state index >= 15 is 0 Å². The van der Waals surface area contributed by atoms with Gasteiger partial charge in [0.2, 0.25) is 10.0 Å². The summed E-state index contributed by atoms with van der Waals surface area (Å²) in [4.78, 5) is -0.578. The zero-order chi connectivity index (χ0) is 15.4. The molecular formula is C11H15Cl2F3N2O2S. The molecule has 1 aromatic carbocycles. The number of hydrogen-bond donors (Lipinski definition) is 2. The first-order valence-electron chi connectivity index (χ1n) is 5.75. The highest BCUT2D eigenvalue weighted by Crippen LogP contribution is 2.33. The van der Waals surface area contributed by atoms with Gasteiger partial charge in [0.15, 0.2) is 0 Å². The average molecular weight is 367 g/mol. The molecule has 0 fully saturated rings. The molecule has 0 aliphatic heterocycles. The van der Waals surface area contributed by atoms with Gasteiger partial charge >= 0.3 is 6.18 Å². The molecule has 21 heavy (non-hydrogen) atoms. The smallest absolute Gasteiger partial charge is 0.316 e. The predicted octanol–water partition coefficient (Wildman–Crippen LogP) is 2.67. The average Bonchev–Trinajstić information content (AvgIpc) is 2.33. The summed E-state index contributed by atoms with van der Waals surface area (Å²) < 4.78 is 63.7. The van der Waals surface area contributed by atoms with Crippen molar-refractivity contribution in [2.24, 2.45) is 0 Å². The van der Waals surface area contributed by atoms with Gasteiger partial charge in [-0.2, -0.15) is 13.2 Å². The third-order valence-corrected chi connectivity index (χ3v) is 4.33. The van der Waals surface area contributed by atoms with E-state index in [-0.39, 0.29) is 24.0 Å². The Balaban J connectivity index is 0.00000400. The third kappa shape index (κ3) is 5.99. The highest BCUT2D eigenvalue weighted by atomic mass is 35.5.